The van der Waals surface area contributed by atoms with Crippen molar-refractivity contribution in [2.75, 3.05) is 39.4 Å². The van der Waals surface area contributed by atoms with Crippen molar-refractivity contribution in [3.8, 4) is 0 Å². The van der Waals surface area contributed by atoms with Crippen molar-refractivity contribution in [2.45, 2.75) is 32.9 Å². The Morgan fingerprint density at radius 2 is 1.94 bits per heavy atom. The minimum Gasteiger partial charge on any atom is -0.379 e. The predicted octanol–water partition coefficient (Wildman–Crippen LogP) is -0.179. The molecule has 0 aromatic heterocycles. The van der Waals surface area contributed by atoms with Crippen LogP contribution in [-0.4, -0.2) is 62.3 Å². The third-order valence-electron chi connectivity index (χ3n) is 2.70. The largest absolute Gasteiger partial charge is 0.379 e. The van der Waals surface area contributed by atoms with Crippen LogP contribution < -0.4 is 10.6 Å². The molecule has 17 heavy (non-hydrogen) atoms. The predicted molar refractivity (Wildman–Crippen MR) is 68.0 cm³/mol. The van der Waals surface area contributed by atoms with E-state index in [-0.39, 0.29) is 11.9 Å². The van der Waals surface area contributed by atoms with E-state index in [0.717, 1.165) is 32.8 Å². The van der Waals surface area contributed by atoms with Gasteiger partial charge in [0, 0.05) is 31.7 Å². The third kappa shape index (κ3) is 6.61. The van der Waals surface area contributed by atoms with Gasteiger partial charge in [-0.3, -0.25) is 9.69 Å². The molecule has 1 unspecified atom stereocenters. The lowest BCUT2D eigenvalue weighted by molar-refractivity contribution is -0.120. The number of hydrogen-bond donors (Lipinski definition) is 2. The Bertz CT molecular complexity index is 228. The molecule has 0 aromatic carbocycles. The highest BCUT2D eigenvalue weighted by Crippen LogP contribution is 1.98. The maximum absolute atomic E-state index is 11.4. The molecule has 0 aliphatic carbocycles. The monoisotopic (exact) mass is 243 g/mol. The van der Waals surface area contributed by atoms with Crippen molar-refractivity contribution < 1.29 is 9.53 Å². The summed E-state index contributed by atoms with van der Waals surface area (Å²) in [6.07, 6.45) is 0. The molecule has 1 heterocycles. The molecular weight excluding hydrogens is 218 g/mol. The number of carbonyl (C=O) groups excluding carboxylic acids is 1. The van der Waals surface area contributed by atoms with Gasteiger partial charge in [-0.1, -0.05) is 0 Å². The van der Waals surface area contributed by atoms with Gasteiger partial charge < -0.3 is 15.4 Å². The van der Waals surface area contributed by atoms with E-state index in [1.165, 1.54) is 0 Å². The van der Waals surface area contributed by atoms with Gasteiger partial charge in [0.05, 0.1) is 19.8 Å². The van der Waals surface area contributed by atoms with E-state index in [4.69, 9.17) is 4.74 Å². The lowest BCUT2D eigenvalue weighted by Crippen LogP contribution is -2.47. The number of amides is 1. The molecule has 0 aromatic rings. The molecule has 0 radical (unpaired) electrons. The van der Waals surface area contributed by atoms with Gasteiger partial charge >= 0.3 is 0 Å². The molecule has 5 nitrogen and oxygen atoms in total. The minimum atomic E-state index is 0.0637. The highest BCUT2D eigenvalue weighted by Gasteiger charge is 2.14. The number of hydrogen-bond acceptors (Lipinski definition) is 4. The summed E-state index contributed by atoms with van der Waals surface area (Å²) in [6.45, 7) is 11.0. The average Bonchev–Trinajstić information content (AvgIpc) is 2.27. The summed E-state index contributed by atoms with van der Waals surface area (Å²) in [4.78, 5) is 13.8. The van der Waals surface area contributed by atoms with Crippen LogP contribution >= 0.6 is 0 Å². The Hall–Kier alpha value is -0.650. The summed E-state index contributed by atoms with van der Waals surface area (Å²) in [6, 6.07) is 0.532. The number of morpholine rings is 1. The first kappa shape index (κ1) is 14.4. The van der Waals surface area contributed by atoms with Crippen LogP contribution in [0.15, 0.2) is 0 Å². The summed E-state index contributed by atoms with van der Waals surface area (Å²) in [7, 11) is 0. The van der Waals surface area contributed by atoms with Crippen LogP contribution in [0.4, 0.5) is 0 Å². The molecule has 0 bridgehead atoms. The van der Waals surface area contributed by atoms with Crippen LogP contribution in [-0.2, 0) is 9.53 Å². The van der Waals surface area contributed by atoms with Crippen LogP contribution in [0.3, 0.4) is 0 Å². The van der Waals surface area contributed by atoms with E-state index in [1.54, 1.807) is 0 Å². The lowest BCUT2D eigenvalue weighted by atomic mass is 10.3. The zero-order valence-electron chi connectivity index (χ0n) is 11.2. The van der Waals surface area contributed by atoms with Gasteiger partial charge in [0.25, 0.3) is 0 Å². The van der Waals surface area contributed by atoms with Gasteiger partial charge in [-0.15, -0.1) is 0 Å². The molecule has 1 fully saturated rings. The first-order valence-electron chi connectivity index (χ1n) is 6.40. The Morgan fingerprint density at radius 1 is 1.29 bits per heavy atom. The maximum atomic E-state index is 11.4. The van der Waals surface area contributed by atoms with Crippen LogP contribution in [0, 0.1) is 0 Å². The number of rotatable bonds is 6. The highest BCUT2D eigenvalue weighted by molar-refractivity contribution is 5.78. The fraction of sp³-hybridized carbons (Fsp3) is 0.917. The average molecular weight is 243 g/mol. The van der Waals surface area contributed by atoms with E-state index in [1.807, 2.05) is 13.8 Å². The van der Waals surface area contributed by atoms with Crippen molar-refractivity contribution in [2.24, 2.45) is 0 Å². The molecular formula is C12H25N3O2. The van der Waals surface area contributed by atoms with Crippen LogP contribution in [0.1, 0.15) is 20.8 Å². The SMILES string of the molecule is CC(C)NC(=O)CNC(C)CN1CCOCC1. The quantitative estimate of drug-likeness (QED) is 0.679. The Balaban J connectivity index is 2.11. The zero-order chi connectivity index (χ0) is 12.7. The molecule has 0 spiro atoms. The summed E-state index contributed by atoms with van der Waals surface area (Å²) in [5.74, 6) is 0.0637. The molecule has 1 amide bonds. The van der Waals surface area contributed by atoms with Crippen molar-refractivity contribution in [3.05, 3.63) is 0 Å². The molecule has 1 aliphatic rings. The van der Waals surface area contributed by atoms with E-state index in [0.29, 0.717) is 12.6 Å². The van der Waals surface area contributed by atoms with Gasteiger partial charge in [0.1, 0.15) is 0 Å². The normalized spacial score (nSPS) is 19.3. The number of carbonyl (C=O) groups is 1. The van der Waals surface area contributed by atoms with Gasteiger partial charge in [-0.2, -0.15) is 0 Å². The Labute approximate surface area is 104 Å². The standard InChI is InChI=1S/C12H25N3O2/c1-10(2)14-12(16)8-13-11(3)9-15-4-6-17-7-5-15/h10-11,13H,4-9H2,1-3H3,(H,14,16). The van der Waals surface area contributed by atoms with Crippen molar-refractivity contribution in [1.29, 1.82) is 0 Å². The minimum absolute atomic E-state index is 0.0637. The van der Waals surface area contributed by atoms with E-state index in [9.17, 15) is 4.79 Å². The van der Waals surface area contributed by atoms with Crippen molar-refractivity contribution >= 4 is 5.91 Å². The van der Waals surface area contributed by atoms with Gasteiger partial charge in [0.2, 0.25) is 5.91 Å². The van der Waals surface area contributed by atoms with Crippen LogP contribution in [0.2, 0.25) is 0 Å². The molecule has 100 valence electrons. The Morgan fingerprint density at radius 3 is 2.53 bits per heavy atom. The maximum Gasteiger partial charge on any atom is 0.234 e. The van der Waals surface area contributed by atoms with Gasteiger partial charge in [0.15, 0.2) is 0 Å². The van der Waals surface area contributed by atoms with E-state index in [2.05, 4.69) is 22.5 Å². The van der Waals surface area contributed by atoms with Gasteiger partial charge in [-0.25, -0.2) is 0 Å². The Kier molecular flexibility index (Phi) is 6.47. The topological polar surface area (TPSA) is 53.6 Å². The summed E-state index contributed by atoms with van der Waals surface area (Å²) in [5, 5.41) is 6.11. The lowest BCUT2D eigenvalue weighted by Gasteiger charge is -2.29. The molecule has 1 rings (SSSR count). The smallest absolute Gasteiger partial charge is 0.234 e. The first-order chi connectivity index (χ1) is 8.08. The molecule has 0 saturated carbocycles. The van der Waals surface area contributed by atoms with E-state index < -0.39 is 0 Å². The number of ether oxygens (including phenoxy) is 1. The third-order valence-corrected chi connectivity index (χ3v) is 2.70. The zero-order valence-corrected chi connectivity index (χ0v) is 11.2. The molecule has 1 saturated heterocycles. The van der Waals surface area contributed by atoms with Crippen molar-refractivity contribution in [1.82, 2.24) is 15.5 Å². The second kappa shape index (κ2) is 7.63. The fourth-order valence-electron chi connectivity index (χ4n) is 1.88. The molecule has 1 aliphatic heterocycles. The summed E-state index contributed by atoms with van der Waals surface area (Å²) in [5.41, 5.74) is 0. The highest BCUT2D eigenvalue weighted by atomic mass is 16.5. The fourth-order valence-corrected chi connectivity index (χ4v) is 1.88. The van der Waals surface area contributed by atoms with Crippen LogP contribution in [0.5, 0.6) is 0 Å². The second-order valence-corrected chi connectivity index (χ2v) is 4.92. The van der Waals surface area contributed by atoms with E-state index >= 15 is 0 Å². The molecule has 1 atom stereocenters. The van der Waals surface area contributed by atoms with Crippen LogP contribution in [0.25, 0.3) is 0 Å². The number of nitrogens with zero attached hydrogens (tertiary/aromatic N) is 1. The first-order valence-corrected chi connectivity index (χ1v) is 6.40. The summed E-state index contributed by atoms with van der Waals surface area (Å²) >= 11 is 0. The number of nitrogens with one attached hydrogen (secondary N) is 2. The molecule has 5 heteroatoms. The van der Waals surface area contributed by atoms with Gasteiger partial charge in [-0.05, 0) is 20.8 Å². The second-order valence-electron chi connectivity index (χ2n) is 4.92. The van der Waals surface area contributed by atoms with Crippen molar-refractivity contribution in [3.63, 3.8) is 0 Å². The molecule has 2 N–H and O–H groups in total. The summed E-state index contributed by atoms with van der Waals surface area (Å²) < 4.78 is 5.30.